The molecule has 1 aromatic carbocycles. The molecule has 0 aliphatic heterocycles. The number of rotatable bonds is 3. The quantitative estimate of drug-likeness (QED) is 0.570. The molecule has 0 unspecified atom stereocenters. The van der Waals surface area contributed by atoms with Crippen molar-refractivity contribution in [3.05, 3.63) is 62.6 Å². The second kappa shape index (κ2) is 5.60. The molecule has 0 aliphatic carbocycles. The Kier molecular flexibility index (Phi) is 3.44. The van der Waals surface area contributed by atoms with Gasteiger partial charge < -0.3 is 4.52 Å². The first-order valence-corrected chi connectivity index (χ1v) is 8.02. The minimum absolute atomic E-state index is 0.158. The van der Waals surface area contributed by atoms with Gasteiger partial charge in [-0.1, -0.05) is 16.8 Å². The molecule has 0 saturated heterocycles. The highest BCUT2D eigenvalue weighted by molar-refractivity contribution is 7.08. The summed E-state index contributed by atoms with van der Waals surface area (Å²) >= 11 is 7.50. The molecule has 0 radical (unpaired) electrons. The van der Waals surface area contributed by atoms with Crippen molar-refractivity contribution in [1.82, 2.24) is 19.7 Å². The van der Waals surface area contributed by atoms with Crippen LogP contribution in [0.25, 0.3) is 22.3 Å². The van der Waals surface area contributed by atoms with Crippen LogP contribution in [0, 0.1) is 0 Å². The van der Waals surface area contributed by atoms with Gasteiger partial charge in [0.1, 0.15) is 6.54 Å². The SMILES string of the molecule is O=c1c2cc(Cl)ccc2ncn1Cc1nc(-c2ccsc2)no1. The minimum atomic E-state index is -0.201. The Morgan fingerprint density at radius 1 is 1.30 bits per heavy atom. The number of halogens is 1. The van der Waals surface area contributed by atoms with Crippen LogP contribution < -0.4 is 5.56 Å². The van der Waals surface area contributed by atoms with Crippen molar-refractivity contribution in [2.24, 2.45) is 0 Å². The van der Waals surface area contributed by atoms with Crippen molar-refractivity contribution >= 4 is 33.8 Å². The number of benzene rings is 1. The fourth-order valence-corrected chi connectivity index (χ4v) is 3.02. The van der Waals surface area contributed by atoms with E-state index in [1.165, 1.54) is 10.9 Å². The van der Waals surface area contributed by atoms with Crippen LogP contribution in [0.4, 0.5) is 0 Å². The third-order valence-corrected chi connectivity index (χ3v) is 4.26. The van der Waals surface area contributed by atoms with Gasteiger partial charge in [-0.05, 0) is 29.6 Å². The third-order valence-electron chi connectivity index (χ3n) is 3.34. The highest BCUT2D eigenvalue weighted by atomic mass is 35.5. The second-order valence-electron chi connectivity index (χ2n) is 4.86. The Bertz CT molecular complexity index is 1040. The van der Waals surface area contributed by atoms with E-state index < -0.39 is 0 Å². The van der Waals surface area contributed by atoms with E-state index in [2.05, 4.69) is 15.1 Å². The molecule has 0 N–H and O–H groups in total. The molecule has 3 heterocycles. The van der Waals surface area contributed by atoms with Gasteiger partial charge in [-0.2, -0.15) is 16.3 Å². The summed E-state index contributed by atoms with van der Waals surface area (Å²) in [5.41, 5.74) is 1.29. The molecule has 114 valence electrons. The van der Waals surface area contributed by atoms with E-state index in [9.17, 15) is 4.79 Å². The molecular formula is C15H9ClN4O2S. The number of hydrogen-bond donors (Lipinski definition) is 0. The summed E-state index contributed by atoms with van der Waals surface area (Å²) < 4.78 is 6.63. The molecule has 0 amide bonds. The van der Waals surface area contributed by atoms with Crippen LogP contribution in [0.2, 0.25) is 5.02 Å². The first-order valence-electron chi connectivity index (χ1n) is 6.70. The largest absolute Gasteiger partial charge is 0.337 e. The van der Waals surface area contributed by atoms with E-state index in [1.807, 2.05) is 16.8 Å². The van der Waals surface area contributed by atoms with Crippen molar-refractivity contribution in [2.75, 3.05) is 0 Å². The number of fused-ring (bicyclic) bond motifs is 1. The summed E-state index contributed by atoms with van der Waals surface area (Å²) in [4.78, 5) is 21.1. The van der Waals surface area contributed by atoms with Gasteiger partial charge in [-0.25, -0.2) is 4.98 Å². The van der Waals surface area contributed by atoms with E-state index in [-0.39, 0.29) is 12.1 Å². The fraction of sp³-hybridized carbons (Fsp3) is 0.0667. The van der Waals surface area contributed by atoms with Crippen molar-refractivity contribution in [3.8, 4) is 11.4 Å². The van der Waals surface area contributed by atoms with Gasteiger partial charge in [0.05, 0.1) is 17.2 Å². The Morgan fingerprint density at radius 2 is 2.22 bits per heavy atom. The van der Waals surface area contributed by atoms with Gasteiger partial charge >= 0.3 is 0 Å². The molecule has 0 fully saturated rings. The molecule has 4 aromatic rings. The fourth-order valence-electron chi connectivity index (χ4n) is 2.22. The van der Waals surface area contributed by atoms with Crippen LogP contribution in [0.1, 0.15) is 5.89 Å². The van der Waals surface area contributed by atoms with E-state index >= 15 is 0 Å². The van der Waals surface area contributed by atoms with Crippen LogP contribution in [0.5, 0.6) is 0 Å². The van der Waals surface area contributed by atoms with E-state index in [1.54, 1.807) is 29.5 Å². The molecule has 0 bridgehead atoms. The van der Waals surface area contributed by atoms with Crippen LogP contribution in [0.15, 0.2) is 50.7 Å². The molecule has 4 rings (SSSR count). The Labute approximate surface area is 139 Å². The molecule has 8 heteroatoms. The normalized spacial score (nSPS) is 11.2. The maximum atomic E-state index is 12.5. The average Bonchev–Trinajstić information content (AvgIpc) is 3.22. The molecule has 0 spiro atoms. The highest BCUT2D eigenvalue weighted by Crippen LogP contribution is 2.19. The van der Waals surface area contributed by atoms with Crippen molar-refractivity contribution in [3.63, 3.8) is 0 Å². The van der Waals surface area contributed by atoms with Gasteiger partial charge in [0, 0.05) is 16.0 Å². The molecule has 0 saturated carbocycles. The third kappa shape index (κ3) is 2.64. The molecule has 0 atom stereocenters. The van der Waals surface area contributed by atoms with Crippen LogP contribution in [0.3, 0.4) is 0 Å². The predicted molar refractivity (Wildman–Crippen MR) is 87.7 cm³/mol. The van der Waals surface area contributed by atoms with Crippen molar-refractivity contribution < 1.29 is 4.52 Å². The molecule has 6 nitrogen and oxygen atoms in total. The molecule has 3 aromatic heterocycles. The zero-order valence-electron chi connectivity index (χ0n) is 11.6. The summed E-state index contributed by atoms with van der Waals surface area (Å²) in [7, 11) is 0. The first-order chi connectivity index (χ1) is 11.2. The smallest absolute Gasteiger partial charge is 0.261 e. The maximum Gasteiger partial charge on any atom is 0.261 e. The highest BCUT2D eigenvalue weighted by Gasteiger charge is 2.11. The number of aromatic nitrogens is 4. The molecular weight excluding hydrogens is 336 g/mol. The summed E-state index contributed by atoms with van der Waals surface area (Å²) in [6.45, 7) is 0.158. The predicted octanol–water partition coefficient (Wildman–Crippen LogP) is 3.21. The topological polar surface area (TPSA) is 73.8 Å². The van der Waals surface area contributed by atoms with E-state index in [4.69, 9.17) is 16.1 Å². The zero-order valence-corrected chi connectivity index (χ0v) is 13.2. The summed E-state index contributed by atoms with van der Waals surface area (Å²) in [5, 5.41) is 8.74. The minimum Gasteiger partial charge on any atom is -0.337 e. The lowest BCUT2D eigenvalue weighted by atomic mass is 10.2. The monoisotopic (exact) mass is 344 g/mol. The van der Waals surface area contributed by atoms with Gasteiger partial charge in [0.25, 0.3) is 5.56 Å². The number of nitrogens with zero attached hydrogens (tertiary/aromatic N) is 4. The lowest BCUT2D eigenvalue weighted by Gasteiger charge is -2.03. The standard InChI is InChI=1S/C15H9ClN4O2S/c16-10-1-2-12-11(5-10)15(21)20(8-17-12)6-13-18-14(19-22-13)9-3-4-23-7-9/h1-5,7-8H,6H2. The second-order valence-corrected chi connectivity index (χ2v) is 6.08. The van der Waals surface area contributed by atoms with Gasteiger partial charge in [0.15, 0.2) is 0 Å². The average molecular weight is 345 g/mol. The summed E-state index contributed by atoms with van der Waals surface area (Å²) in [6, 6.07) is 6.93. The molecule has 0 aliphatic rings. The van der Waals surface area contributed by atoms with E-state index in [0.29, 0.717) is 27.6 Å². The maximum absolute atomic E-state index is 12.5. The van der Waals surface area contributed by atoms with Crippen molar-refractivity contribution in [1.29, 1.82) is 0 Å². The van der Waals surface area contributed by atoms with Gasteiger partial charge in [-0.15, -0.1) is 0 Å². The van der Waals surface area contributed by atoms with E-state index in [0.717, 1.165) is 5.56 Å². The van der Waals surface area contributed by atoms with Crippen LogP contribution in [-0.2, 0) is 6.54 Å². The Balaban J connectivity index is 1.70. The first kappa shape index (κ1) is 14.1. The van der Waals surface area contributed by atoms with Gasteiger partial charge in [0.2, 0.25) is 11.7 Å². The Hall–Kier alpha value is -2.51. The number of hydrogen-bond acceptors (Lipinski definition) is 6. The van der Waals surface area contributed by atoms with Gasteiger partial charge in [-0.3, -0.25) is 9.36 Å². The summed E-state index contributed by atoms with van der Waals surface area (Å²) in [5.74, 6) is 0.850. The lowest BCUT2D eigenvalue weighted by molar-refractivity contribution is 0.369. The zero-order chi connectivity index (χ0) is 15.8. The summed E-state index contributed by atoms with van der Waals surface area (Å²) in [6.07, 6.45) is 1.47. The lowest BCUT2D eigenvalue weighted by Crippen LogP contribution is -2.21. The number of thiophene rings is 1. The van der Waals surface area contributed by atoms with Crippen LogP contribution in [-0.4, -0.2) is 19.7 Å². The van der Waals surface area contributed by atoms with Crippen molar-refractivity contribution in [2.45, 2.75) is 6.54 Å². The van der Waals surface area contributed by atoms with Crippen LogP contribution >= 0.6 is 22.9 Å². The Morgan fingerprint density at radius 3 is 3.04 bits per heavy atom. The molecule has 23 heavy (non-hydrogen) atoms.